The molecule has 0 atom stereocenters. The number of anilines is 2. The number of hydrogen-bond donors (Lipinski definition) is 1. The van der Waals surface area contributed by atoms with Crippen LogP contribution in [0.2, 0.25) is 0 Å². The molecule has 0 aliphatic carbocycles. The number of nitrogens with one attached hydrogen (secondary N) is 1. The number of benzene rings is 3. The van der Waals surface area contributed by atoms with Crippen molar-refractivity contribution >= 4 is 38.0 Å². The Kier molecular flexibility index (Phi) is 6.20. The topological polar surface area (TPSA) is 71.4 Å². The maximum absolute atomic E-state index is 13.2. The summed E-state index contributed by atoms with van der Waals surface area (Å²) in [6.45, 7) is -0.0397. The van der Waals surface area contributed by atoms with Gasteiger partial charge in [-0.25, -0.2) is 12.8 Å². The third-order valence-corrected chi connectivity index (χ3v) is 7.05. The lowest BCUT2D eigenvalue weighted by molar-refractivity contribution is -0.116. The summed E-state index contributed by atoms with van der Waals surface area (Å²) in [6, 6.07) is 19.9. The SMILES string of the molecule is CN(C)c1ccc(NC(=O)Cn2cc(S(=O)(=O)Cc3ccc(F)cc3)c3ccccc32)cc1. The smallest absolute Gasteiger partial charge is 0.244 e. The van der Waals surface area contributed by atoms with E-state index >= 15 is 0 Å². The number of aromatic nitrogens is 1. The van der Waals surface area contributed by atoms with E-state index in [1.807, 2.05) is 43.3 Å². The molecule has 0 bridgehead atoms. The van der Waals surface area contributed by atoms with Gasteiger partial charge in [0.1, 0.15) is 12.4 Å². The fraction of sp³-hybridized carbons (Fsp3) is 0.160. The fourth-order valence-corrected chi connectivity index (χ4v) is 5.25. The molecule has 0 unspecified atom stereocenters. The first-order valence-electron chi connectivity index (χ1n) is 10.4. The van der Waals surface area contributed by atoms with Crippen LogP contribution in [0.4, 0.5) is 15.8 Å². The molecule has 1 N–H and O–H groups in total. The highest BCUT2D eigenvalue weighted by molar-refractivity contribution is 7.90. The highest BCUT2D eigenvalue weighted by atomic mass is 32.2. The first-order valence-corrected chi connectivity index (χ1v) is 12.0. The van der Waals surface area contributed by atoms with Crippen molar-refractivity contribution in [1.82, 2.24) is 4.57 Å². The second-order valence-electron chi connectivity index (χ2n) is 8.01. The van der Waals surface area contributed by atoms with Crippen LogP contribution >= 0.6 is 0 Å². The Morgan fingerprint density at radius 1 is 0.970 bits per heavy atom. The summed E-state index contributed by atoms with van der Waals surface area (Å²) >= 11 is 0. The lowest BCUT2D eigenvalue weighted by atomic mass is 10.2. The predicted molar refractivity (Wildman–Crippen MR) is 129 cm³/mol. The highest BCUT2D eigenvalue weighted by Gasteiger charge is 2.22. The van der Waals surface area contributed by atoms with E-state index in [-0.39, 0.29) is 23.1 Å². The van der Waals surface area contributed by atoms with Crippen molar-refractivity contribution in [3.63, 3.8) is 0 Å². The van der Waals surface area contributed by atoms with Gasteiger partial charge in [0.2, 0.25) is 5.91 Å². The van der Waals surface area contributed by atoms with Crippen LogP contribution in [0.3, 0.4) is 0 Å². The van der Waals surface area contributed by atoms with Gasteiger partial charge in [0.15, 0.2) is 9.84 Å². The normalized spacial score (nSPS) is 11.5. The van der Waals surface area contributed by atoms with Crippen LogP contribution in [0.25, 0.3) is 10.9 Å². The number of halogens is 1. The van der Waals surface area contributed by atoms with Crippen molar-refractivity contribution in [2.45, 2.75) is 17.2 Å². The van der Waals surface area contributed by atoms with E-state index in [1.54, 1.807) is 28.8 Å². The van der Waals surface area contributed by atoms with Crippen LogP contribution in [0.15, 0.2) is 83.9 Å². The first-order chi connectivity index (χ1) is 15.7. The maximum atomic E-state index is 13.2. The number of rotatable bonds is 7. The Labute approximate surface area is 192 Å². The van der Waals surface area contributed by atoms with E-state index in [4.69, 9.17) is 0 Å². The molecule has 1 amide bonds. The third kappa shape index (κ3) is 5.06. The quantitative estimate of drug-likeness (QED) is 0.438. The molecule has 33 heavy (non-hydrogen) atoms. The molecule has 8 heteroatoms. The van der Waals surface area contributed by atoms with E-state index in [2.05, 4.69) is 5.32 Å². The Morgan fingerprint density at radius 2 is 1.64 bits per heavy atom. The van der Waals surface area contributed by atoms with E-state index in [0.29, 0.717) is 22.2 Å². The van der Waals surface area contributed by atoms with Crippen LogP contribution in [0.5, 0.6) is 0 Å². The van der Waals surface area contributed by atoms with Gasteiger partial charge in [-0.15, -0.1) is 0 Å². The van der Waals surface area contributed by atoms with Gasteiger partial charge >= 0.3 is 0 Å². The lowest BCUT2D eigenvalue weighted by Gasteiger charge is -2.13. The van der Waals surface area contributed by atoms with Crippen LogP contribution in [0, 0.1) is 5.82 Å². The molecule has 0 radical (unpaired) electrons. The Bertz CT molecular complexity index is 1390. The van der Waals surface area contributed by atoms with E-state index < -0.39 is 15.7 Å². The molecule has 6 nitrogen and oxygen atoms in total. The molecule has 1 heterocycles. The van der Waals surface area contributed by atoms with Crippen LogP contribution < -0.4 is 10.2 Å². The van der Waals surface area contributed by atoms with Gasteiger partial charge < -0.3 is 14.8 Å². The molecule has 0 aliphatic heterocycles. The summed E-state index contributed by atoms with van der Waals surface area (Å²) in [7, 11) is 0.155. The van der Waals surface area contributed by atoms with Crippen molar-refractivity contribution in [3.05, 3.63) is 90.4 Å². The molecule has 4 aromatic rings. The van der Waals surface area contributed by atoms with E-state index in [0.717, 1.165) is 5.69 Å². The molecule has 0 fully saturated rings. The standard InChI is InChI=1S/C25H24FN3O3S/c1-28(2)21-13-11-20(12-14-21)27-25(30)16-29-15-24(22-5-3-4-6-23(22)29)33(31,32)17-18-7-9-19(26)10-8-18/h3-15H,16-17H2,1-2H3,(H,27,30). The van der Waals surface area contributed by atoms with Gasteiger partial charge in [0.25, 0.3) is 0 Å². The first kappa shape index (κ1) is 22.5. The Hall–Kier alpha value is -3.65. The zero-order chi connectivity index (χ0) is 23.6. The summed E-state index contributed by atoms with van der Waals surface area (Å²) < 4.78 is 41.2. The zero-order valence-corrected chi connectivity index (χ0v) is 19.1. The molecule has 3 aromatic carbocycles. The van der Waals surface area contributed by atoms with Gasteiger partial charge in [0, 0.05) is 42.6 Å². The summed E-state index contributed by atoms with van der Waals surface area (Å²) in [5, 5.41) is 3.40. The van der Waals surface area contributed by atoms with Crippen molar-refractivity contribution in [2.24, 2.45) is 0 Å². The zero-order valence-electron chi connectivity index (χ0n) is 18.3. The van der Waals surface area contributed by atoms with Crippen LogP contribution in [0.1, 0.15) is 5.56 Å². The molecule has 1 aromatic heterocycles. The molecular formula is C25H24FN3O3S. The number of para-hydroxylation sites is 1. The van der Waals surface area contributed by atoms with Gasteiger partial charge in [-0.3, -0.25) is 4.79 Å². The average molecular weight is 466 g/mol. The number of carbonyl (C=O) groups is 1. The number of amides is 1. The van der Waals surface area contributed by atoms with Crippen molar-refractivity contribution in [3.8, 4) is 0 Å². The number of nitrogens with zero attached hydrogens (tertiary/aromatic N) is 2. The minimum absolute atomic E-state index is 0.0397. The maximum Gasteiger partial charge on any atom is 0.244 e. The van der Waals surface area contributed by atoms with Crippen molar-refractivity contribution in [1.29, 1.82) is 0 Å². The van der Waals surface area contributed by atoms with Gasteiger partial charge in [-0.2, -0.15) is 0 Å². The minimum atomic E-state index is -3.72. The molecule has 0 spiro atoms. The van der Waals surface area contributed by atoms with Crippen molar-refractivity contribution < 1.29 is 17.6 Å². The largest absolute Gasteiger partial charge is 0.378 e. The molecule has 0 aliphatic rings. The number of carbonyl (C=O) groups excluding carboxylic acids is 1. The summed E-state index contributed by atoms with van der Waals surface area (Å²) in [4.78, 5) is 14.8. The van der Waals surface area contributed by atoms with Gasteiger partial charge in [-0.1, -0.05) is 30.3 Å². The van der Waals surface area contributed by atoms with Crippen molar-refractivity contribution in [2.75, 3.05) is 24.3 Å². The Morgan fingerprint density at radius 3 is 2.30 bits per heavy atom. The molecular weight excluding hydrogens is 441 g/mol. The second-order valence-corrected chi connectivity index (χ2v) is 9.97. The monoisotopic (exact) mass is 465 g/mol. The number of fused-ring (bicyclic) bond motifs is 1. The van der Waals surface area contributed by atoms with E-state index in [9.17, 15) is 17.6 Å². The molecule has 170 valence electrons. The fourth-order valence-electron chi connectivity index (χ4n) is 3.67. The summed E-state index contributed by atoms with van der Waals surface area (Å²) in [6.07, 6.45) is 1.50. The third-order valence-electron chi connectivity index (χ3n) is 5.34. The Balaban J connectivity index is 1.59. The minimum Gasteiger partial charge on any atom is -0.378 e. The van der Waals surface area contributed by atoms with Gasteiger partial charge in [-0.05, 0) is 48.0 Å². The second kappa shape index (κ2) is 9.07. The number of sulfone groups is 1. The lowest BCUT2D eigenvalue weighted by Crippen LogP contribution is -2.18. The average Bonchev–Trinajstić information content (AvgIpc) is 3.15. The summed E-state index contributed by atoms with van der Waals surface area (Å²) in [5.41, 5.74) is 2.81. The van der Waals surface area contributed by atoms with Crippen LogP contribution in [-0.4, -0.2) is 33.0 Å². The number of hydrogen-bond acceptors (Lipinski definition) is 4. The molecule has 0 saturated heterocycles. The molecule has 4 rings (SSSR count). The van der Waals surface area contributed by atoms with Gasteiger partial charge in [0.05, 0.1) is 10.6 Å². The predicted octanol–water partition coefficient (Wildman–Crippen LogP) is 4.46. The van der Waals surface area contributed by atoms with Crippen LogP contribution in [-0.2, 0) is 26.9 Å². The highest BCUT2D eigenvalue weighted by Crippen LogP contribution is 2.28. The van der Waals surface area contributed by atoms with E-state index in [1.165, 1.54) is 30.5 Å². The molecule has 0 saturated carbocycles. The summed E-state index contributed by atoms with van der Waals surface area (Å²) in [5.74, 6) is -0.947.